The third kappa shape index (κ3) is 3.09. The number of aliphatic hydroxyl groups excluding tert-OH is 1. The van der Waals surface area contributed by atoms with Crippen molar-refractivity contribution in [2.24, 2.45) is 0 Å². The molecule has 0 spiro atoms. The van der Waals surface area contributed by atoms with Crippen LogP contribution in [0.3, 0.4) is 0 Å². The highest BCUT2D eigenvalue weighted by Gasteiger charge is 2.08. The summed E-state index contributed by atoms with van der Waals surface area (Å²) < 4.78 is 1.01. The monoisotopic (exact) mass is 306 g/mol. The Bertz CT molecular complexity index is 516. The minimum absolute atomic E-state index is 0.0417. The second-order valence-electron chi connectivity index (χ2n) is 4.15. The molecule has 0 aliphatic rings. The van der Waals surface area contributed by atoms with E-state index in [1.807, 2.05) is 43.6 Å². The molecule has 1 aromatic carbocycles. The van der Waals surface area contributed by atoms with Gasteiger partial charge in [-0.2, -0.15) is 0 Å². The van der Waals surface area contributed by atoms with Crippen molar-refractivity contribution in [3.05, 3.63) is 58.3 Å². The quantitative estimate of drug-likeness (QED) is 0.943. The summed E-state index contributed by atoms with van der Waals surface area (Å²) in [6, 6.07) is 9.85. The number of nitrogens with zero attached hydrogens (tertiary/aromatic N) is 2. The first kappa shape index (κ1) is 13.1. The molecule has 2 rings (SSSR count). The van der Waals surface area contributed by atoms with Crippen molar-refractivity contribution in [3.8, 4) is 0 Å². The van der Waals surface area contributed by atoms with Crippen molar-refractivity contribution in [2.45, 2.75) is 13.2 Å². The third-order valence-electron chi connectivity index (χ3n) is 2.77. The Balaban J connectivity index is 2.23. The predicted octanol–water partition coefficient (Wildman–Crippen LogP) is 2.97. The Labute approximate surface area is 115 Å². The van der Waals surface area contributed by atoms with Gasteiger partial charge in [0.05, 0.1) is 6.61 Å². The molecule has 0 amide bonds. The summed E-state index contributed by atoms with van der Waals surface area (Å²) in [4.78, 5) is 6.21. The van der Waals surface area contributed by atoms with Gasteiger partial charge in [0.2, 0.25) is 0 Å². The smallest absolute Gasteiger partial charge is 0.0702 e. The lowest BCUT2D eigenvalue weighted by Gasteiger charge is -2.22. The van der Waals surface area contributed by atoms with Gasteiger partial charge in [0.1, 0.15) is 0 Å². The van der Waals surface area contributed by atoms with Gasteiger partial charge in [-0.25, -0.2) is 0 Å². The first-order valence-electron chi connectivity index (χ1n) is 5.70. The number of aliphatic hydroxyl groups is 1. The summed E-state index contributed by atoms with van der Waals surface area (Å²) in [6.45, 7) is 0.803. The number of aromatic nitrogens is 1. The van der Waals surface area contributed by atoms with Crippen molar-refractivity contribution < 1.29 is 5.11 Å². The molecule has 1 aromatic heterocycles. The van der Waals surface area contributed by atoms with Crippen molar-refractivity contribution in [1.82, 2.24) is 4.98 Å². The standard InChI is InChI=1S/C14H15BrN2O/c1-17(9-11-3-2-6-16-8-11)14-7-13(15)5-4-12(14)10-18/h2-8,18H,9-10H2,1H3. The van der Waals surface area contributed by atoms with Gasteiger partial charge < -0.3 is 10.0 Å². The summed E-state index contributed by atoms with van der Waals surface area (Å²) >= 11 is 3.46. The fourth-order valence-electron chi connectivity index (χ4n) is 1.88. The molecule has 1 N–H and O–H groups in total. The van der Waals surface area contributed by atoms with Crippen LogP contribution in [0.15, 0.2) is 47.2 Å². The molecule has 0 radical (unpaired) electrons. The first-order chi connectivity index (χ1) is 8.70. The van der Waals surface area contributed by atoms with Crippen LogP contribution in [0.1, 0.15) is 11.1 Å². The Hall–Kier alpha value is -1.39. The van der Waals surface area contributed by atoms with Crippen LogP contribution < -0.4 is 4.90 Å². The lowest BCUT2D eigenvalue weighted by atomic mass is 10.1. The van der Waals surface area contributed by atoms with E-state index in [0.717, 1.165) is 27.8 Å². The molecule has 1 heterocycles. The zero-order valence-corrected chi connectivity index (χ0v) is 11.8. The van der Waals surface area contributed by atoms with E-state index in [1.165, 1.54) is 0 Å². The van der Waals surface area contributed by atoms with Gasteiger partial charge in [-0.1, -0.05) is 28.1 Å². The van der Waals surface area contributed by atoms with Gasteiger partial charge in [-0.15, -0.1) is 0 Å². The summed E-state index contributed by atoms with van der Waals surface area (Å²) in [5.41, 5.74) is 3.09. The zero-order chi connectivity index (χ0) is 13.0. The maximum Gasteiger partial charge on any atom is 0.0702 e. The number of hydrogen-bond donors (Lipinski definition) is 1. The van der Waals surface area contributed by atoms with Crippen LogP contribution in [-0.4, -0.2) is 17.1 Å². The summed E-state index contributed by atoms with van der Waals surface area (Å²) in [5.74, 6) is 0. The minimum atomic E-state index is 0.0417. The Kier molecular flexibility index (Phi) is 4.33. The van der Waals surface area contributed by atoms with E-state index in [-0.39, 0.29) is 6.61 Å². The molecule has 0 aliphatic heterocycles. The van der Waals surface area contributed by atoms with Crippen LogP contribution in [0.25, 0.3) is 0 Å². The molecule has 3 nitrogen and oxygen atoms in total. The molecule has 0 atom stereocenters. The molecule has 0 fully saturated rings. The number of hydrogen-bond acceptors (Lipinski definition) is 3. The second-order valence-corrected chi connectivity index (χ2v) is 5.06. The van der Waals surface area contributed by atoms with Crippen LogP contribution >= 0.6 is 15.9 Å². The highest BCUT2D eigenvalue weighted by Crippen LogP contribution is 2.25. The number of rotatable bonds is 4. The summed E-state index contributed by atoms with van der Waals surface area (Å²) in [6.07, 6.45) is 3.62. The number of anilines is 1. The first-order valence-corrected chi connectivity index (χ1v) is 6.49. The van der Waals surface area contributed by atoms with Crippen molar-refractivity contribution in [1.29, 1.82) is 0 Å². The molecule has 94 valence electrons. The van der Waals surface area contributed by atoms with Crippen LogP contribution in [-0.2, 0) is 13.2 Å². The average Bonchev–Trinajstić information content (AvgIpc) is 2.40. The number of halogens is 1. The molecule has 2 aromatic rings. The maximum absolute atomic E-state index is 9.37. The van der Waals surface area contributed by atoms with E-state index < -0.39 is 0 Å². The minimum Gasteiger partial charge on any atom is -0.392 e. The van der Waals surface area contributed by atoms with Gasteiger partial charge in [0, 0.05) is 41.7 Å². The summed E-state index contributed by atoms with van der Waals surface area (Å²) in [7, 11) is 2.01. The van der Waals surface area contributed by atoms with E-state index >= 15 is 0 Å². The molecule has 0 saturated carbocycles. The fourth-order valence-corrected chi connectivity index (χ4v) is 2.23. The van der Waals surface area contributed by atoms with E-state index in [2.05, 4.69) is 25.8 Å². The van der Waals surface area contributed by atoms with Gasteiger partial charge in [0.15, 0.2) is 0 Å². The van der Waals surface area contributed by atoms with Gasteiger partial charge in [0.25, 0.3) is 0 Å². The van der Waals surface area contributed by atoms with Crippen LogP contribution in [0.2, 0.25) is 0 Å². The normalized spacial score (nSPS) is 10.4. The average molecular weight is 307 g/mol. The van der Waals surface area contributed by atoms with Crippen molar-refractivity contribution in [2.75, 3.05) is 11.9 Å². The lowest BCUT2D eigenvalue weighted by molar-refractivity contribution is 0.282. The van der Waals surface area contributed by atoms with Crippen molar-refractivity contribution in [3.63, 3.8) is 0 Å². The van der Waals surface area contributed by atoms with E-state index in [1.54, 1.807) is 6.20 Å². The lowest BCUT2D eigenvalue weighted by Crippen LogP contribution is -2.18. The molecule has 0 bridgehead atoms. The molecule has 4 heteroatoms. The largest absolute Gasteiger partial charge is 0.392 e. The fraction of sp³-hybridized carbons (Fsp3) is 0.214. The molecular weight excluding hydrogens is 292 g/mol. The Morgan fingerprint density at radius 1 is 1.33 bits per heavy atom. The SMILES string of the molecule is CN(Cc1cccnc1)c1cc(Br)ccc1CO. The maximum atomic E-state index is 9.37. The van der Waals surface area contributed by atoms with Gasteiger partial charge in [-0.05, 0) is 23.8 Å². The zero-order valence-electron chi connectivity index (χ0n) is 10.2. The number of benzene rings is 1. The third-order valence-corrected chi connectivity index (χ3v) is 3.26. The topological polar surface area (TPSA) is 36.4 Å². The Morgan fingerprint density at radius 2 is 2.17 bits per heavy atom. The van der Waals surface area contributed by atoms with Crippen molar-refractivity contribution >= 4 is 21.6 Å². The van der Waals surface area contributed by atoms with E-state index in [4.69, 9.17) is 0 Å². The number of pyridine rings is 1. The molecule has 0 aliphatic carbocycles. The van der Waals surface area contributed by atoms with Crippen LogP contribution in [0.4, 0.5) is 5.69 Å². The second kappa shape index (κ2) is 5.98. The van der Waals surface area contributed by atoms with Gasteiger partial charge in [-0.3, -0.25) is 4.98 Å². The van der Waals surface area contributed by atoms with Crippen LogP contribution in [0, 0.1) is 0 Å². The molecule has 18 heavy (non-hydrogen) atoms. The Morgan fingerprint density at radius 3 is 2.83 bits per heavy atom. The molecular formula is C14H15BrN2O. The highest BCUT2D eigenvalue weighted by atomic mass is 79.9. The summed E-state index contributed by atoms with van der Waals surface area (Å²) in [5, 5.41) is 9.37. The predicted molar refractivity (Wildman–Crippen MR) is 76.4 cm³/mol. The molecule has 0 unspecified atom stereocenters. The van der Waals surface area contributed by atoms with E-state index in [9.17, 15) is 5.11 Å². The van der Waals surface area contributed by atoms with E-state index in [0.29, 0.717) is 0 Å². The van der Waals surface area contributed by atoms with Gasteiger partial charge >= 0.3 is 0 Å². The molecule has 0 saturated heterocycles. The van der Waals surface area contributed by atoms with Crippen LogP contribution in [0.5, 0.6) is 0 Å². The highest BCUT2D eigenvalue weighted by molar-refractivity contribution is 9.10.